The maximum absolute atomic E-state index is 11.8. The Morgan fingerprint density at radius 1 is 1.28 bits per heavy atom. The van der Waals surface area contributed by atoms with Crippen LogP contribution in [0.25, 0.3) is 0 Å². The third-order valence-corrected chi connectivity index (χ3v) is 3.66. The Morgan fingerprint density at radius 2 is 1.83 bits per heavy atom. The minimum Gasteiger partial charge on any atom is -0.373 e. The van der Waals surface area contributed by atoms with E-state index in [9.17, 15) is 9.59 Å². The number of anilines is 1. The van der Waals surface area contributed by atoms with Crippen molar-refractivity contribution in [3.8, 4) is 0 Å². The molecule has 0 spiro atoms. The molecular weight excluding hydrogens is 296 g/mol. The fourth-order valence-corrected chi connectivity index (χ4v) is 2.87. The van der Waals surface area contributed by atoms with Gasteiger partial charge in [0.05, 0.1) is 6.42 Å². The fraction of sp³-hybridized carbons (Fsp3) is 0.385. The van der Waals surface area contributed by atoms with E-state index in [4.69, 9.17) is 0 Å². The minimum atomic E-state index is -0.443. The summed E-state index contributed by atoms with van der Waals surface area (Å²) < 4.78 is 1.01. The van der Waals surface area contributed by atoms with Crippen LogP contribution in [0.5, 0.6) is 0 Å². The summed E-state index contributed by atoms with van der Waals surface area (Å²) in [5, 5.41) is 3.18. The van der Waals surface area contributed by atoms with Crippen molar-refractivity contribution in [2.45, 2.75) is 26.3 Å². The molecule has 0 aromatic heterocycles. The van der Waals surface area contributed by atoms with Gasteiger partial charge in [-0.05, 0) is 37.1 Å². The number of carbonyl (C=O) groups excluding carboxylic acids is 2. The highest BCUT2D eigenvalue weighted by atomic mass is 79.9. The number of likely N-dealkylation sites (tertiary alicyclic amines) is 1. The average molecular weight is 311 g/mol. The second kappa shape index (κ2) is 4.72. The van der Waals surface area contributed by atoms with Crippen LogP contribution in [0.1, 0.15) is 17.5 Å². The molecule has 1 aromatic rings. The van der Waals surface area contributed by atoms with Crippen molar-refractivity contribution in [3.63, 3.8) is 0 Å². The Bertz CT molecular complexity index is 505. The number of benzene rings is 1. The zero-order valence-corrected chi connectivity index (χ0v) is 12.2. The van der Waals surface area contributed by atoms with Crippen LogP contribution in [0, 0.1) is 13.8 Å². The van der Waals surface area contributed by atoms with E-state index in [-0.39, 0.29) is 18.2 Å². The van der Waals surface area contributed by atoms with E-state index < -0.39 is 6.04 Å². The lowest BCUT2D eigenvalue weighted by Gasteiger charge is -2.17. The molecule has 2 amide bonds. The van der Waals surface area contributed by atoms with E-state index in [0.717, 1.165) is 21.3 Å². The van der Waals surface area contributed by atoms with Crippen molar-refractivity contribution in [2.75, 3.05) is 12.4 Å². The highest BCUT2D eigenvalue weighted by molar-refractivity contribution is 9.10. The summed E-state index contributed by atoms with van der Waals surface area (Å²) in [6, 6.07) is 3.53. The third kappa shape index (κ3) is 2.27. The first kappa shape index (κ1) is 13.1. The first-order valence-corrected chi connectivity index (χ1v) is 6.53. The molecular formula is C13H15BrN2O2. The number of hydrogen-bond donors (Lipinski definition) is 1. The van der Waals surface area contributed by atoms with Crippen molar-refractivity contribution in [1.29, 1.82) is 0 Å². The monoisotopic (exact) mass is 310 g/mol. The fourth-order valence-electron chi connectivity index (χ4n) is 2.18. The van der Waals surface area contributed by atoms with Gasteiger partial charge in [-0.2, -0.15) is 0 Å². The Hall–Kier alpha value is -1.36. The van der Waals surface area contributed by atoms with Gasteiger partial charge in [-0.1, -0.05) is 15.9 Å². The maximum Gasteiger partial charge on any atom is 0.251 e. The largest absolute Gasteiger partial charge is 0.373 e. The summed E-state index contributed by atoms with van der Waals surface area (Å²) in [5.41, 5.74) is 3.04. The summed E-state index contributed by atoms with van der Waals surface area (Å²) in [7, 11) is 1.52. The number of amides is 2. The van der Waals surface area contributed by atoms with E-state index in [2.05, 4.69) is 21.2 Å². The number of hydrogen-bond acceptors (Lipinski definition) is 3. The second-order valence-corrected chi connectivity index (χ2v) is 5.52. The lowest BCUT2D eigenvalue weighted by atomic mass is 10.1. The van der Waals surface area contributed by atoms with Crippen molar-refractivity contribution in [2.24, 2.45) is 0 Å². The molecule has 1 aromatic carbocycles. The molecule has 1 fully saturated rings. The summed E-state index contributed by atoms with van der Waals surface area (Å²) in [6.07, 6.45) is 0.226. The van der Waals surface area contributed by atoms with Crippen LogP contribution in [0.15, 0.2) is 16.6 Å². The molecule has 1 N–H and O–H groups in total. The normalized spacial score (nSPS) is 19.6. The van der Waals surface area contributed by atoms with Crippen molar-refractivity contribution in [3.05, 3.63) is 27.7 Å². The molecule has 1 atom stereocenters. The van der Waals surface area contributed by atoms with Crippen LogP contribution in [0.3, 0.4) is 0 Å². The van der Waals surface area contributed by atoms with Crippen LogP contribution in [-0.2, 0) is 9.59 Å². The lowest BCUT2D eigenvalue weighted by molar-refractivity contribution is -0.136. The smallest absolute Gasteiger partial charge is 0.251 e. The Morgan fingerprint density at radius 3 is 2.28 bits per heavy atom. The number of aryl methyl sites for hydroxylation is 2. The topological polar surface area (TPSA) is 49.4 Å². The first-order chi connectivity index (χ1) is 8.40. The molecule has 1 aliphatic heterocycles. The highest BCUT2D eigenvalue weighted by Crippen LogP contribution is 2.27. The Kier molecular flexibility index (Phi) is 3.43. The minimum absolute atomic E-state index is 0.134. The van der Waals surface area contributed by atoms with Gasteiger partial charge in [0.2, 0.25) is 5.91 Å². The van der Waals surface area contributed by atoms with Crippen LogP contribution < -0.4 is 5.32 Å². The van der Waals surface area contributed by atoms with E-state index in [1.165, 1.54) is 11.9 Å². The molecule has 2 rings (SSSR count). The van der Waals surface area contributed by atoms with Crippen LogP contribution in [0.4, 0.5) is 5.69 Å². The quantitative estimate of drug-likeness (QED) is 0.852. The molecule has 1 saturated heterocycles. The maximum atomic E-state index is 11.8. The molecule has 1 heterocycles. The van der Waals surface area contributed by atoms with Gasteiger partial charge in [-0.3, -0.25) is 14.5 Å². The number of imide groups is 1. The molecule has 1 aliphatic rings. The molecule has 5 heteroatoms. The van der Waals surface area contributed by atoms with Gasteiger partial charge in [-0.15, -0.1) is 0 Å². The first-order valence-electron chi connectivity index (χ1n) is 5.74. The van der Waals surface area contributed by atoms with Gasteiger partial charge in [0.15, 0.2) is 0 Å². The average Bonchev–Trinajstić information content (AvgIpc) is 2.51. The van der Waals surface area contributed by atoms with Crippen molar-refractivity contribution in [1.82, 2.24) is 4.90 Å². The number of nitrogens with zero attached hydrogens (tertiary/aromatic N) is 1. The predicted octanol–water partition coefficient (Wildman–Crippen LogP) is 2.24. The zero-order chi connectivity index (χ0) is 13.4. The van der Waals surface area contributed by atoms with Gasteiger partial charge >= 0.3 is 0 Å². The standard InChI is InChI=1S/C13H15BrN2O2/c1-7-4-9(14)5-8(2)12(7)15-10-6-11(17)16(3)13(10)18/h4-5,10,15H,6H2,1-3H3. The summed E-state index contributed by atoms with van der Waals surface area (Å²) >= 11 is 3.43. The SMILES string of the molecule is Cc1cc(Br)cc(C)c1NC1CC(=O)N(C)C1=O. The molecule has 0 saturated carbocycles. The molecule has 0 aliphatic carbocycles. The number of halogens is 1. The van der Waals surface area contributed by atoms with E-state index in [1.807, 2.05) is 26.0 Å². The summed E-state index contributed by atoms with van der Waals surface area (Å²) in [4.78, 5) is 24.5. The number of likely N-dealkylation sites (N-methyl/N-ethyl adjacent to an activating group) is 1. The molecule has 96 valence electrons. The molecule has 0 bridgehead atoms. The zero-order valence-electron chi connectivity index (χ0n) is 10.6. The third-order valence-electron chi connectivity index (χ3n) is 3.20. The summed E-state index contributed by atoms with van der Waals surface area (Å²) in [5.74, 6) is -0.299. The van der Waals surface area contributed by atoms with Crippen LogP contribution >= 0.6 is 15.9 Å². The molecule has 18 heavy (non-hydrogen) atoms. The Balaban J connectivity index is 2.26. The van der Waals surface area contributed by atoms with Crippen LogP contribution in [0.2, 0.25) is 0 Å². The second-order valence-electron chi connectivity index (χ2n) is 4.61. The number of nitrogens with one attached hydrogen (secondary N) is 1. The highest BCUT2D eigenvalue weighted by Gasteiger charge is 2.36. The summed E-state index contributed by atoms with van der Waals surface area (Å²) in [6.45, 7) is 3.95. The lowest BCUT2D eigenvalue weighted by Crippen LogP contribution is -2.32. The predicted molar refractivity (Wildman–Crippen MR) is 73.4 cm³/mol. The number of carbonyl (C=O) groups is 2. The van der Waals surface area contributed by atoms with Gasteiger partial charge in [0, 0.05) is 17.2 Å². The van der Waals surface area contributed by atoms with E-state index in [0.29, 0.717) is 0 Å². The van der Waals surface area contributed by atoms with Crippen molar-refractivity contribution < 1.29 is 9.59 Å². The van der Waals surface area contributed by atoms with E-state index >= 15 is 0 Å². The Labute approximate surface area is 114 Å². The molecule has 0 radical (unpaired) electrons. The van der Waals surface area contributed by atoms with Crippen LogP contribution in [-0.4, -0.2) is 29.8 Å². The van der Waals surface area contributed by atoms with Crippen molar-refractivity contribution >= 4 is 33.4 Å². The number of rotatable bonds is 2. The molecule has 4 nitrogen and oxygen atoms in total. The molecule has 1 unspecified atom stereocenters. The van der Waals surface area contributed by atoms with Gasteiger partial charge < -0.3 is 5.32 Å². The van der Waals surface area contributed by atoms with E-state index in [1.54, 1.807) is 0 Å². The van der Waals surface area contributed by atoms with Gasteiger partial charge in [0.25, 0.3) is 5.91 Å². The van der Waals surface area contributed by atoms with Gasteiger partial charge in [0.1, 0.15) is 6.04 Å². The van der Waals surface area contributed by atoms with Gasteiger partial charge in [-0.25, -0.2) is 0 Å².